The van der Waals surface area contributed by atoms with Gasteiger partial charge in [0.15, 0.2) is 5.76 Å². The van der Waals surface area contributed by atoms with Gasteiger partial charge in [-0.3, -0.25) is 9.59 Å². The van der Waals surface area contributed by atoms with Gasteiger partial charge in [0.05, 0.1) is 6.10 Å². The smallest absolute Gasteiger partial charge is 0.289 e. The van der Waals surface area contributed by atoms with Crippen molar-refractivity contribution in [3.8, 4) is 11.3 Å². The highest BCUT2D eigenvalue weighted by molar-refractivity contribution is 5.95. The van der Waals surface area contributed by atoms with Crippen LogP contribution in [0.15, 0.2) is 40.8 Å². The lowest BCUT2D eigenvalue weighted by Gasteiger charge is -2.12. The lowest BCUT2D eigenvalue weighted by molar-refractivity contribution is 0.0762. The first kappa shape index (κ1) is 17.8. The van der Waals surface area contributed by atoms with Crippen molar-refractivity contribution in [2.45, 2.75) is 31.8 Å². The van der Waals surface area contributed by atoms with Crippen molar-refractivity contribution in [1.29, 1.82) is 0 Å². The molecule has 0 spiro atoms. The van der Waals surface area contributed by atoms with E-state index in [2.05, 4.69) is 5.32 Å². The molecule has 2 fully saturated rings. The molecule has 2 saturated heterocycles. The van der Waals surface area contributed by atoms with Crippen molar-refractivity contribution >= 4 is 11.8 Å². The van der Waals surface area contributed by atoms with Crippen molar-refractivity contribution < 1.29 is 18.7 Å². The average Bonchev–Trinajstić information content (AvgIpc) is 3.48. The fraction of sp³-hybridized carbons (Fsp3) is 0.429. The summed E-state index contributed by atoms with van der Waals surface area (Å²) in [4.78, 5) is 26.7. The zero-order valence-electron chi connectivity index (χ0n) is 15.3. The highest BCUT2D eigenvalue weighted by Crippen LogP contribution is 2.25. The summed E-state index contributed by atoms with van der Waals surface area (Å²) in [7, 11) is 0. The minimum Gasteiger partial charge on any atom is -0.451 e. The first-order valence-corrected chi connectivity index (χ1v) is 9.60. The van der Waals surface area contributed by atoms with Gasteiger partial charge in [-0.25, -0.2) is 0 Å². The number of rotatable bonds is 5. The van der Waals surface area contributed by atoms with E-state index in [-0.39, 0.29) is 17.9 Å². The third-order valence-electron chi connectivity index (χ3n) is 5.13. The fourth-order valence-electron chi connectivity index (χ4n) is 3.61. The van der Waals surface area contributed by atoms with Crippen LogP contribution in [0.2, 0.25) is 0 Å². The van der Waals surface area contributed by atoms with E-state index < -0.39 is 0 Å². The minimum atomic E-state index is -0.132. The van der Waals surface area contributed by atoms with Crippen LogP contribution in [0.4, 0.5) is 0 Å². The molecule has 142 valence electrons. The number of benzene rings is 1. The van der Waals surface area contributed by atoms with E-state index in [9.17, 15) is 9.59 Å². The molecule has 1 atom stereocenters. The Morgan fingerprint density at radius 1 is 1.11 bits per heavy atom. The van der Waals surface area contributed by atoms with Crippen molar-refractivity contribution in [2.75, 3.05) is 26.2 Å². The Labute approximate surface area is 158 Å². The normalized spacial score (nSPS) is 19.4. The van der Waals surface area contributed by atoms with Gasteiger partial charge in [0.2, 0.25) is 0 Å². The summed E-state index contributed by atoms with van der Waals surface area (Å²) in [6.45, 7) is 2.87. The van der Waals surface area contributed by atoms with Crippen LogP contribution in [0, 0.1) is 0 Å². The molecule has 27 heavy (non-hydrogen) atoms. The first-order chi connectivity index (χ1) is 13.2. The van der Waals surface area contributed by atoms with E-state index in [1.807, 2.05) is 17.0 Å². The second-order valence-electron chi connectivity index (χ2n) is 7.09. The van der Waals surface area contributed by atoms with Crippen LogP contribution in [-0.4, -0.2) is 49.1 Å². The van der Waals surface area contributed by atoms with Crippen LogP contribution >= 0.6 is 0 Å². The lowest BCUT2D eigenvalue weighted by Crippen LogP contribution is -2.31. The van der Waals surface area contributed by atoms with E-state index in [0.29, 0.717) is 23.6 Å². The molecule has 2 amide bonds. The Balaban J connectivity index is 1.44. The predicted molar refractivity (Wildman–Crippen MR) is 101 cm³/mol. The SMILES string of the molecule is O=C(NCC1CCCO1)c1cccc(-c2ccc(C(=O)N3CCCC3)o2)c1. The number of hydrogen-bond acceptors (Lipinski definition) is 4. The highest BCUT2D eigenvalue weighted by Gasteiger charge is 2.22. The van der Waals surface area contributed by atoms with Crippen LogP contribution in [0.5, 0.6) is 0 Å². The number of carbonyl (C=O) groups excluding carboxylic acids is 2. The summed E-state index contributed by atoms with van der Waals surface area (Å²) in [6, 6.07) is 10.7. The van der Waals surface area contributed by atoms with Gasteiger partial charge in [0, 0.05) is 37.4 Å². The molecular formula is C21H24N2O4. The number of likely N-dealkylation sites (tertiary alicyclic amines) is 1. The number of amides is 2. The largest absolute Gasteiger partial charge is 0.451 e. The molecular weight excluding hydrogens is 344 g/mol. The van der Waals surface area contributed by atoms with Crippen LogP contribution in [0.3, 0.4) is 0 Å². The summed E-state index contributed by atoms with van der Waals surface area (Å²) in [5.74, 6) is 0.739. The summed E-state index contributed by atoms with van der Waals surface area (Å²) in [5.41, 5.74) is 1.34. The molecule has 6 heteroatoms. The van der Waals surface area contributed by atoms with Crippen LogP contribution < -0.4 is 5.32 Å². The van der Waals surface area contributed by atoms with E-state index in [4.69, 9.17) is 9.15 Å². The van der Waals surface area contributed by atoms with Gasteiger partial charge in [-0.1, -0.05) is 12.1 Å². The number of nitrogens with one attached hydrogen (secondary N) is 1. The first-order valence-electron chi connectivity index (χ1n) is 9.60. The van der Waals surface area contributed by atoms with Crippen molar-refractivity contribution in [1.82, 2.24) is 10.2 Å². The van der Waals surface area contributed by atoms with Crippen LogP contribution in [0.25, 0.3) is 11.3 Å². The maximum Gasteiger partial charge on any atom is 0.289 e. The van der Waals surface area contributed by atoms with E-state index in [1.54, 1.807) is 24.3 Å². The Morgan fingerprint density at radius 2 is 1.96 bits per heavy atom. The summed E-state index contributed by atoms with van der Waals surface area (Å²) >= 11 is 0. The molecule has 0 aliphatic carbocycles. The van der Waals surface area contributed by atoms with Gasteiger partial charge in [-0.15, -0.1) is 0 Å². The molecule has 1 unspecified atom stereocenters. The number of ether oxygens (including phenoxy) is 1. The molecule has 2 aliphatic heterocycles. The molecule has 0 radical (unpaired) electrons. The Kier molecular flexibility index (Phi) is 5.25. The molecule has 1 N–H and O–H groups in total. The number of carbonyl (C=O) groups is 2. The molecule has 0 saturated carbocycles. The monoisotopic (exact) mass is 368 g/mol. The van der Waals surface area contributed by atoms with E-state index in [1.165, 1.54) is 0 Å². The topological polar surface area (TPSA) is 71.8 Å². The van der Waals surface area contributed by atoms with Gasteiger partial charge in [0.1, 0.15) is 5.76 Å². The number of furan rings is 1. The van der Waals surface area contributed by atoms with Crippen LogP contribution in [-0.2, 0) is 4.74 Å². The maximum absolute atomic E-state index is 12.4. The molecule has 0 bridgehead atoms. The maximum atomic E-state index is 12.4. The minimum absolute atomic E-state index is 0.0655. The van der Waals surface area contributed by atoms with Gasteiger partial charge < -0.3 is 19.4 Å². The Bertz CT molecular complexity index is 817. The summed E-state index contributed by atoms with van der Waals surface area (Å²) in [6.07, 6.45) is 4.24. The second-order valence-corrected chi connectivity index (χ2v) is 7.09. The quantitative estimate of drug-likeness (QED) is 0.880. The Hall–Kier alpha value is -2.60. The van der Waals surface area contributed by atoms with E-state index >= 15 is 0 Å². The molecule has 1 aromatic heterocycles. The van der Waals surface area contributed by atoms with Gasteiger partial charge >= 0.3 is 0 Å². The Morgan fingerprint density at radius 3 is 2.74 bits per heavy atom. The number of hydrogen-bond donors (Lipinski definition) is 1. The third-order valence-corrected chi connectivity index (χ3v) is 5.13. The van der Waals surface area contributed by atoms with Crippen molar-refractivity contribution in [2.24, 2.45) is 0 Å². The zero-order valence-corrected chi connectivity index (χ0v) is 15.3. The predicted octanol–water partition coefficient (Wildman–Crippen LogP) is 3.09. The van der Waals surface area contributed by atoms with Crippen molar-refractivity contribution in [3.63, 3.8) is 0 Å². The molecule has 2 aromatic rings. The number of nitrogens with zero attached hydrogens (tertiary/aromatic N) is 1. The molecule has 1 aromatic carbocycles. The fourth-order valence-corrected chi connectivity index (χ4v) is 3.61. The van der Waals surface area contributed by atoms with Gasteiger partial charge in [-0.2, -0.15) is 0 Å². The van der Waals surface area contributed by atoms with Gasteiger partial charge in [0.25, 0.3) is 11.8 Å². The van der Waals surface area contributed by atoms with Gasteiger partial charge in [-0.05, 0) is 49.9 Å². The standard InChI is InChI=1S/C21H24N2O4/c24-20(22-14-17-7-4-12-26-17)16-6-3-5-15(13-16)18-8-9-19(27-18)21(25)23-10-1-2-11-23/h3,5-6,8-9,13,17H,1-2,4,7,10-12,14H2,(H,22,24). The summed E-state index contributed by atoms with van der Waals surface area (Å²) < 4.78 is 11.3. The van der Waals surface area contributed by atoms with Crippen molar-refractivity contribution in [3.05, 3.63) is 47.7 Å². The molecule has 6 nitrogen and oxygen atoms in total. The molecule has 4 rings (SSSR count). The lowest BCUT2D eigenvalue weighted by atomic mass is 10.1. The molecule has 2 aliphatic rings. The average molecular weight is 368 g/mol. The third kappa shape index (κ3) is 4.06. The van der Waals surface area contributed by atoms with E-state index in [0.717, 1.165) is 50.9 Å². The second kappa shape index (κ2) is 7.96. The van der Waals surface area contributed by atoms with Crippen LogP contribution in [0.1, 0.15) is 46.6 Å². The zero-order chi connectivity index (χ0) is 18.6. The summed E-state index contributed by atoms with van der Waals surface area (Å²) in [5, 5.41) is 2.92. The highest BCUT2D eigenvalue weighted by atomic mass is 16.5. The molecule has 3 heterocycles.